The van der Waals surface area contributed by atoms with Gasteiger partial charge in [-0.25, -0.2) is 4.98 Å². The molecule has 1 aliphatic rings. The average molecular weight is 319 g/mol. The van der Waals surface area contributed by atoms with Gasteiger partial charge in [0.05, 0.1) is 17.0 Å². The maximum absolute atomic E-state index is 12.3. The lowest BCUT2D eigenvalue weighted by molar-refractivity contribution is -0.121. The molecular weight excluding hydrogens is 298 g/mol. The van der Waals surface area contributed by atoms with Crippen LogP contribution in [0.3, 0.4) is 0 Å². The zero-order valence-corrected chi connectivity index (χ0v) is 13.7. The zero-order chi connectivity index (χ0) is 15.5. The van der Waals surface area contributed by atoms with Gasteiger partial charge in [-0.2, -0.15) is 0 Å². The quantitative estimate of drug-likeness (QED) is 0.908. The molecule has 5 nitrogen and oxygen atoms in total. The smallest absolute Gasteiger partial charge is 0.236 e. The molecule has 3 heterocycles. The fourth-order valence-corrected chi connectivity index (χ4v) is 3.34. The van der Waals surface area contributed by atoms with E-state index in [1.54, 1.807) is 11.3 Å². The standard InChI is InChI=1S/C16H21N3O2S/c1-10-5-6-17-9-13(10)18-15(20)8-12-11(2)21-16(19-12)14-4-3-7-22-14/h3-4,7,10,13,17H,5-6,8-9H2,1-2H3,(H,18,20). The summed E-state index contributed by atoms with van der Waals surface area (Å²) >= 11 is 1.58. The number of rotatable bonds is 4. The second-order valence-electron chi connectivity index (χ2n) is 5.82. The Morgan fingerprint density at radius 3 is 3.18 bits per heavy atom. The molecule has 2 atom stereocenters. The summed E-state index contributed by atoms with van der Waals surface area (Å²) in [5.74, 6) is 1.83. The highest BCUT2D eigenvalue weighted by Crippen LogP contribution is 2.26. The van der Waals surface area contributed by atoms with Crippen LogP contribution in [-0.4, -0.2) is 30.0 Å². The van der Waals surface area contributed by atoms with E-state index in [4.69, 9.17) is 4.42 Å². The molecule has 2 aromatic rings. The van der Waals surface area contributed by atoms with Crippen molar-refractivity contribution in [1.29, 1.82) is 0 Å². The minimum atomic E-state index is 0.00896. The van der Waals surface area contributed by atoms with Crippen LogP contribution in [-0.2, 0) is 11.2 Å². The molecule has 1 amide bonds. The second kappa shape index (κ2) is 6.62. The molecule has 118 valence electrons. The van der Waals surface area contributed by atoms with Crippen molar-refractivity contribution in [3.05, 3.63) is 29.0 Å². The van der Waals surface area contributed by atoms with E-state index in [0.717, 1.165) is 30.1 Å². The summed E-state index contributed by atoms with van der Waals surface area (Å²) in [5.41, 5.74) is 0.720. The van der Waals surface area contributed by atoms with Gasteiger partial charge in [0.2, 0.25) is 11.8 Å². The Morgan fingerprint density at radius 2 is 2.45 bits per heavy atom. The summed E-state index contributed by atoms with van der Waals surface area (Å²) in [7, 11) is 0. The summed E-state index contributed by atoms with van der Waals surface area (Å²) in [6.07, 6.45) is 1.36. The van der Waals surface area contributed by atoms with Crippen molar-refractivity contribution < 1.29 is 9.21 Å². The average Bonchev–Trinajstić information content (AvgIpc) is 3.12. The number of hydrogen-bond donors (Lipinski definition) is 2. The molecule has 0 aliphatic carbocycles. The Labute approximate surface area is 134 Å². The molecule has 2 aromatic heterocycles. The Balaban J connectivity index is 1.64. The van der Waals surface area contributed by atoms with E-state index in [1.165, 1.54) is 0 Å². The van der Waals surface area contributed by atoms with Crippen molar-refractivity contribution in [2.24, 2.45) is 5.92 Å². The summed E-state index contributed by atoms with van der Waals surface area (Å²) in [5, 5.41) is 8.41. The zero-order valence-electron chi connectivity index (χ0n) is 12.9. The van der Waals surface area contributed by atoms with Gasteiger partial charge in [0.25, 0.3) is 0 Å². The summed E-state index contributed by atoms with van der Waals surface area (Å²) < 4.78 is 5.68. The van der Waals surface area contributed by atoms with E-state index in [-0.39, 0.29) is 18.4 Å². The molecule has 0 spiro atoms. The Kier molecular flexibility index (Phi) is 4.59. The van der Waals surface area contributed by atoms with Gasteiger partial charge in [0, 0.05) is 12.6 Å². The molecule has 6 heteroatoms. The van der Waals surface area contributed by atoms with E-state index < -0.39 is 0 Å². The number of nitrogens with one attached hydrogen (secondary N) is 2. The van der Waals surface area contributed by atoms with Gasteiger partial charge in [0.1, 0.15) is 5.76 Å². The number of carbonyl (C=O) groups is 1. The van der Waals surface area contributed by atoms with Crippen molar-refractivity contribution in [2.75, 3.05) is 13.1 Å². The number of amides is 1. The third-order valence-corrected chi connectivity index (χ3v) is 4.98. The first kappa shape index (κ1) is 15.2. The molecule has 22 heavy (non-hydrogen) atoms. The number of aryl methyl sites for hydroxylation is 1. The van der Waals surface area contributed by atoms with Crippen LogP contribution < -0.4 is 10.6 Å². The van der Waals surface area contributed by atoms with Crippen molar-refractivity contribution >= 4 is 17.2 Å². The van der Waals surface area contributed by atoms with Crippen LogP contribution in [0.5, 0.6) is 0 Å². The Hall–Kier alpha value is -1.66. The van der Waals surface area contributed by atoms with Crippen LogP contribution in [0.25, 0.3) is 10.8 Å². The number of piperidine rings is 1. The number of thiophene rings is 1. The minimum absolute atomic E-state index is 0.00896. The minimum Gasteiger partial charge on any atom is -0.440 e. The van der Waals surface area contributed by atoms with Crippen LogP contribution in [0, 0.1) is 12.8 Å². The van der Waals surface area contributed by atoms with Crippen molar-refractivity contribution in [3.63, 3.8) is 0 Å². The van der Waals surface area contributed by atoms with Crippen LogP contribution >= 0.6 is 11.3 Å². The molecule has 0 radical (unpaired) electrons. The maximum Gasteiger partial charge on any atom is 0.236 e. The first-order chi connectivity index (χ1) is 10.6. The molecule has 2 N–H and O–H groups in total. The Morgan fingerprint density at radius 1 is 1.59 bits per heavy atom. The predicted molar refractivity (Wildman–Crippen MR) is 86.8 cm³/mol. The number of carbonyl (C=O) groups excluding carboxylic acids is 1. The first-order valence-corrected chi connectivity index (χ1v) is 8.51. The predicted octanol–water partition coefficient (Wildman–Crippen LogP) is 2.37. The summed E-state index contributed by atoms with van der Waals surface area (Å²) in [6, 6.07) is 4.13. The van der Waals surface area contributed by atoms with Crippen molar-refractivity contribution in [3.8, 4) is 10.8 Å². The number of aromatic nitrogens is 1. The van der Waals surface area contributed by atoms with Crippen LogP contribution in [0.4, 0.5) is 0 Å². The number of hydrogen-bond acceptors (Lipinski definition) is 5. The fourth-order valence-electron chi connectivity index (χ4n) is 2.69. The van der Waals surface area contributed by atoms with E-state index in [0.29, 0.717) is 17.6 Å². The van der Waals surface area contributed by atoms with Crippen molar-refractivity contribution in [2.45, 2.75) is 32.7 Å². The van der Waals surface area contributed by atoms with Gasteiger partial charge in [-0.15, -0.1) is 11.3 Å². The van der Waals surface area contributed by atoms with E-state index in [2.05, 4.69) is 22.5 Å². The third-order valence-electron chi connectivity index (χ3n) is 4.13. The van der Waals surface area contributed by atoms with Gasteiger partial charge < -0.3 is 15.1 Å². The number of nitrogens with zero attached hydrogens (tertiary/aromatic N) is 1. The monoisotopic (exact) mass is 319 g/mol. The molecule has 0 bridgehead atoms. The highest BCUT2D eigenvalue weighted by atomic mass is 32.1. The van der Waals surface area contributed by atoms with Gasteiger partial charge in [0.15, 0.2) is 0 Å². The largest absolute Gasteiger partial charge is 0.440 e. The highest BCUT2D eigenvalue weighted by Gasteiger charge is 2.23. The van der Waals surface area contributed by atoms with Gasteiger partial charge >= 0.3 is 0 Å². The van der Waals surface area contributed by atoms with Crippen LogP contribution in [0.1, 0.15) is 24.8 Å². The lowest BCUT2D eigenvalue weighted by atomic mass is 9.94. The molecule has 1 saturated heterocycles. The molecule has 0 aromatic carbocycles. The maximum atomic E-state index is 12.3. The summed E-state index contributed by atoms with van der Waals surface area (Å²) in [4.78, 5) is 17.7. The van der Waals surface area contributed by atoms with E-state index in [1.807, 2.05) is 24.4 Å². The van der Waals surface area contributed by atoms with Crippen molar-refractivity contribution in [1.82, 2.24) is 15.6 Å². The molecule has 3 rings (SSSR count). The molecule has 1 fully saturated rings. The lowest BCUT2D eigenvalue weighted by Gasteiger charge is -2.30. The second-order valence-corrected chi connectivity index (χ2v) is 6.77. The molecule has 0 saturated carbocycles. The lowest BCUT2D eigenvalue weighted by Crippen LogP contribution is -2.50. The SMILES string of the molecule is Cc1oc(-c2cccs2)nc1CC(=O)NC1CNCCC1C. The Bertz CT molecular complexity index is 636. The van der Waals surface area contributed by atoms with E-state index >= 15 is 0 Å². The normalized spacial score (nSPS) is 21.7. The number of oxazole rings is 1. The fraction of sp³-hybridized carbons (Fsp3) is 0.500. The van der Waals surface area contributed by atoms with Gasteiger partial charge in [-0.1, -0.05) is 13.0 Å². The topological polar surface area (TPSA) is 67.2 Å². The molecular formula is C16H21N3O2S. The summed E-state index contributed by atoms with van der Waals surface area (Å²) in [6.45, 7) is 5.91. The van der Waals surface area contributed by atoms with E-state index in [9.17, 15) is 4.79 Å². The first-order valence-electron chi connectivity index (χ1n) is 7.63. The molecule has 2 unspecified atom stereocenters. The molecule has 1 aliphatic heterocycles. The third kappa shape index (κ3) is 3.39. The van der Waals surface area contributed by atoms with Crippen LogP contribution in [0.2, 0.25) is 0 Å². The van der Waals surface area contributed by atoms with Gasteiger partial charge in [-0.3, -0.25) is 4.79 Å². The van der Waals surface area contributed by atoms with Crippen LogP contribution in [0.15, 0.2) is 21.9 Å². The highest BCUT2D eigenvalue weighted by molar-refractivity contribution is 7.13. The van der Waals surface area contributed by atoms with Gasteiger partial charge in [-0.05, 0) is 37.3 Å².